The summed E-state index contributed by atoms with van der Waals surface area (Å²) in [4.78, 5) is 14.3. The molecular formula is C15H20ClNO. The van der Waals surface area contributed by atoms with Crippen LogP contribution in [0.4, 0.5) is 0 Å². The first-order valence-corrected chi connectivity index (χ1v) is 7.15. The molecule has 1 atom stereocenters. The van der Waals surface area contributed by atoms with Crippen LogP contribution in [0, 0.1) is 6.92 Å². The number of hydrogen-bond donors (Lipinski definition) is 0. The standard InChI is InChI=1S/C15H20ClNO/c1-12-4-6-13(7-5-12)11-15(18)17-10-2-3-14(17)8-9-16/h4-7,14H,2-3,8-11H2,1H3. The summed E-state index contributed by atoms with van der Waals surface area (Å²) in [6.07, 6.45) is 3.65. The number of rotatable bonds is 4. The van der Waals surface area contributed by atoms with Crippen molar-refractivity contribution >= 4 is 17.5 Å². The number of likely N-dealkylation sites (tertiary alicyclic amines) is 1. The van der Waals surface area contributed by atoms with E-state index in [1.165, 1.54) is 5.56 Å². The van der Waals surface area contributed by atoms with E-state index in [-0.39, 0.29) is 5.91 Å². The van der Waals surface area contributed by atoms with Gasteiger partial charge in [0.25, 0.3) is 0 Å². The summed E-state index contributed by atoms with van der Waals surface area (Å²) in [5, 5.41) is 0. The Labute approximate surface area is 114 Å². The molecule has 1 saturated heterocycles. The van der Waals surface area contributed by atoms with Gasteiger partial charge in [0.2, 0.25) is 5.91 Å². The second-order valence-corrected chi connectivity index (χ2v) is 5.40. The van der Waals surface area contributed by atoms with Gasteiger partial charge >= 0.3 is 0 Å². The Hall–Kier alpha value is -1.02. The summed E-state index contributed by atoms with van der Waals surface area (Å²) in [5.74, 6) is 0.880. The molecule has 0 N–H and O–H groups in total. The summed E-state index contributed by atoms with van der Waals surface area (Å²) in [5.41, 5.74) is 2.33. The van der Waals surface area contributed by atoms with Crippen LogP contribution in [0.1, 0.15) is 30.4 Å². The Bertz CT molecular complexity index is 401. The van der Waals surface area contributed by atoms with Crippen LogP contribution in [0.2, 0.25) is 0 Å². The molecule has 0 aromatic heterocycles. The minimum Gasteiger partial charge on any atom is -0.339 e. The summed E-state index contributed by atoms with van der Waals surface area (Å²) >= 11 is 5.79. The lowest BCUT2D eigenvalue weighted by molar-refractivity contribution is -0.131. The number of nitrogens with zero attached hydrogens (tertiary/aromatic N) is 1. The van der Waals surface area contributed by atoms with Crippen LogP contribution in [0.3, 0.4) is 0 Å². The molecule has 18 heavy (non-hydrogen) atoms. The van der Waals surface area contributed by atoms with Gasteiger partial charge < -0.3 is 4.90 Å². The maximum absolute atomic E-state index is 12.3. The van der Waals surface area contributed by atoms with Gasteiger partial charge in [-0.25, -0.2) is 0 Å². The Kier molecular flexibility index (Phi) is 4.65. The van der Waals surface area contributed by atoms with E-state index in [2.05, 4.69) is 19.1 Å². The molecule has 0 bridgehead atoms. The lowest BCUT2D eigenvalue weighted by Crippen LogP contribution is -2.36. The van der Waals surface area contributed by atoms with E-state index in [0.29, 0.717) is 18.3 Å². The Balaban J connectivity index is 1.96. The highest BCUT2D eigenvalue weighted by Gasteiger charge is 2.27. The van der Waals surface area contributed by atoms with Crippen molar-refractivity contribution < 1.29 is 4.79 Å². The first-order chi connectivity index (χ1) is 8.70. The van der Waals surface area contributed by atoms with E-state index in [4.69, 9.17) is 11.6 Å². The van der Waals surface area contributed by atoms with Gasteiger partial charge in [-0.1, -0.05) is 29.8 Å². The molecule has 0 radical (unpaired) electrons. The Morgan fingerprint density at radius 1 is 1.39 bits per heavy atom. The fourth-order valence-corrected chi connectivity index (χ4v) is 2.82. The van der Waals surface area contributed by atoms with E-state index >= 15 is 0 Å². The molecule has 0 spiro atoms. The van der Waals surface area contributed by atoms with Gasteiger partial charge in [-0.2, -0.15) is 0 Å². The van der Waals surface area contributed by atoms with Crippen LogP contribution in [0.15, 0.2) is 24.3 Å². The molecule has 0 aliphatic carbocycles. The van der Waals surface area contributed by atoms with Gasteiger partial charge in [-0.15, -0.1) is 11.6 Å². The predicted molar refractivity (Wildman–Crippen MR) is 75.0 cm³/mol. The normalized spacial score (nSPS) is 19.2. The molecule has 1 fully saturated rings. The van der Waals surface area contributed by atoms with Crippen LogP contribution in [-0.4, -0.2) is 29.3 Å². The van der Waals surface area contributed by atoms with E-state index in [9.17, 15) is 4.79 Å². The van der Waals surface area contributed by atoms with Gasteiger partial charge in [-0.05, 0) is 31.7 Å². The number of halogens is 1. The number of carbonyl (C=O) groups is 1. The van der Waals surface area contributed by atoms with Crippen molar-refractivity contribution in [1.82, 2.24) is 4.90 Å². The average Bonchev–Trinajstić information content (AvgIpc) is 2.81. The number of amides is 1. The third kappa shape index (κ3) is 3.26. The van der Waals surface area contributed by atoms with Crippen LogP contribution in [0.25, 0.3) is 0 Å². The fraction of sp³-hybridized carbons (Fsp3) is 0.533. The van der Waals surface area contributed by atoms with Crippen molar-refractivity contribution in [3.63, 3.8) is 0 Å². The maximum atomic E-state index is 12.3. The first-order valence-electron chi connectivity index (χ1n) is 6.61. The topological polar surface area (TPSA) is 20.3 Å². The van der Waals surface area contributed by atoms with Crippen molar-refractivity contribution in [1.29, 1.82) is 0 Å². The van der Waals surface area contributed by atoms with Gasteiger partial charge in [0, 0.05) is 18.5 Å². The fourth-order valence-electron chi connectivity index (χ4n) is 2.57. The number of benzene rings is 1. The second-order valence-electron chi connectivity index (χ2n) is 5.02. The smallest absolute Gasteiger partial charge is 0.227 e. The summed E-state index contributed by atoms with van der Waals surface area (Å²) in [6, 6.07) is 8.56. The Morgan fingerprint density at radius 2 is 2.11 bits per heavy atom. The SMILES string of the molecule is Cc1ccc(CC(=O)N2CCCC2CCCl)cc1. The van der Waals surface area contributed by atoms with Crippen molar-refractivity contribution in [3.05, 3.63) is 35.4 Å². The minimum atomic E-state index is 0.242. The lowest BCUT2D eigenvalue weighted by atomic mass is 10.1. The number of hydrogen-bond acceptors (Lipinski definition) is 1. The highest BCUT2D eigenvalue weighted by atomic mass is 35.5. The van der Waals surface area contributed by atoms with E-state index in [1.54, 1.807) is 0 Å². The summed E-state index contributed by atoms with van der Waals surface area (Å²) in [7, 11) is 0. The first kappa shape index (κ1) is 13.4. The van der Waals surface area contributed by atoms with E-state index in [0.717, 1.165) is 31.4 Å². The van der Waals surface area contributed by atoms with Crippen molar-refractivity contribution in [2.75, 3.05) is 12.4 Å². The number of aryl methyl sites for hydroxylation is 1. The minimum absolute atomic E-state index is 0.242. The third-order valence-corrected chi connectivity index (χ3v) is 3.83. The molecule has 3 heteroatoms. The van der Waals surface area contributed by atoms with E-state index in [1.807, 2.05) is 17.0 Å². The molecule has 1 aliphatic heterocycles. The third-order valence-electron chi connectivity index (χ3n) is 3.62. The summed E-state index contributed by atoms with van der Waals surface area (Å²) in [6.45, 7) is 2.95. The number of alkyl halides is 1. The quantitative estimate of drug-likeness (QED) is 0.766. The Morgan fingerprint density at radius 3 is 2.78 bits per heavy atom. The molecule has 0 saturated carbocycles. The van der Waals surface area contributed by atoms with Crippen molar-refractivity contribution in [2.24, 2.45) is 0 Å². The summed E-state index contributed by atoms with van der Waals surface area (Å²) < 4.78 is 0. The lowest BCUT2D eigenvalue weighted by Gasteiger charge is -2.24. The molecule has 2 nitrogen and oxygen atoms in total. The second kappa shape index (κ2) is 6.24. The zero-order chi connectivity index (χ0) is 13.0. The predicted octanol–water partition coefficient (Wildman–Crippen LogP) is 3.16. The molecule has 1 heterocycles. The number of carbonyl (C=O) groups excluding carboxylic acids is 1. The van der Waals surface area contributed by atoms with Crippen LogP contribution >= 0.6 is 11.6 Å². The van der Waals surface area contributed by atoms with Crippen LogP contribution in [0.5, 0.6) is 0 Å². The molecule has 1 aliphatic rings. The molecule has 1 aromatic carbocycles. The van der Waals surface area contributed by atoms with Crippen molar-refractivity contribution in [2.45, 2.75) is 38.6 Å². The monoisotopic (exact) mass is 265 g/mol. The van der Waals surface area contributed by atoms with Crippen LogP contribution in [-0.2, 0) is 11.2 Å². The van der Waals surface area contributed by atoms with E-state index < -0.39 is 0 Å². The average molecular weight is 266 g/mol. The van der Waals surface area contributed by atoms with Gasteiger partial charge in [-0.3, -0.25) is 4.79 Å². The highest BCUT2D eigenvalue weighted by molar-refractivity contribution is 6.17. The van der Waals surface area contributed by atoms with Crippen LogP contribution < -0.4 is 0 Å². The maximum Gasteiger partial charge on any atom is 0.227 e. The largest absolute Gasteiger partial charge is 0.339 e. The molecule has 98 valence electrons. The molecule has 1 aromatic rings. The van der Waals surface area contributed by atoms with Gasteiger partial charge in [0.1, 0.15) is 0 Å². The molecule has 2 rings (SSSR count). The van der Waals surface area contributed by atoms with Crippen molar-refractivity contribution in [3.8, 4) is 0 Å². The molecular weight excluding hydrogens is 246 g/mol. The molecule has 1 unspecified atom stereocenters. The highest BCUT2D eigenvalue weighted by Crippen LogP contribution is 2.21. The van der Waals surface area contributed by atoms with Gasteiger partial charge in [0.15, 0.2) is 0 Å². The zero-order valence-electron chi connectivity index (χ0n) is 10.9. The molecule has 1 amide bonds. The van der Waals surface area contributed by atoms with Gasteiger partial charge in [0.05, 0.1) is 6.42 Å². The zero-order valence-corrected chi connectivity index (χ0v) is 11.6.